The number of hydrogen-bond acceptors (Lipinski definition) is 5. The molecule has 1 heterocycles. The first-order valence-corrected chi connectivity index (χ1v) is 7.05. The van der Waals surface area contributed by atoms with Crippen LogP contribution in [-0.2, 0) is 12.3 Å². The number of benzene rings is 1. The predicted octanol–water partition coefficient (Wildman–Crippen LogP) is 3.05. The first-order chi connectivity index (χ1) is 9.13. The molecule has 0 amide bonds. The number of oxazole rings is 1. The van der Waals surface area contributed by atoms with Gasteiger partial charge in [-0.1, -0.05) is 23.9 Å². The first-order valence-electron chi connectivity index (χ1n) is 6.06. The van der Waals surface area contributed by atoms with E-state index in [0.29, 0.717) is 11.8 Å². The summed E-state index contributed by atoms with van der Waals surface area (Å²) in [5.74, 6) is 2.50. The average Bonchev–Trinajstić information content (AvgIpc) is 2.75. The highest BCUT2D eigenvalue weighted by molar-refractivity contribution is 7.98. The topological polar surface area (TPSA) is 61.3 Å². The minimum absolute atomic E-state index is 0.481. The largest absolute Gasteiger partial charge is 0.496 e. The van der Waals surface area contributed by atoms with E-state index < -0.39 is 0 Å². The summed E-state index contributed by atoms with van der Waals surface area (Å²) in [4.78, 5) is 4.35. The van der Waals surface area contributed by atoms with Crippen molar-refractivity contribution in [2.24, 2.45) is 5.73 Å². The average molecular weight is 278 g/mol. The minimum atomic E-state index is 0.481. The van der Waals surface area contributed by atoms with Gasteiger partial charge in [-0.2, -0.15) is 0 Å². The van der Waals surface area contributed by atoms with Crippen molar-refractivity contribution in [1.82, 2.24) is 4.98 Å². The van der Waals surface area contributed by atoms with Crippen LogP contribution in [0.25, 0.3) is 0 Å². The summed E-state index contributed by atoms with van der Waals surface area (Å²) in [5, 5.41) is 0.705. The lowest BCUT2D eigenvalue weighted by atomic mass is 10.1. The Bertz CT molecular complexity index is 547. The highest BCUT2D eigenvalue weighted by Gasteiger charge is 2.08. The fraction of sp³-hybridized carbons (Fsp3) is 0.357. The van der Waals surface area contributed by atoms with Crippen molar-refractivity contribution in [2.75, 3.05) is 7.11 Å². The molecule has 1 aromatic heterocycles. The lowest BCUT2D eigenvalue weighted by Crippen LogP contribution is -2.00. The van der Waals surface area contributed by atoms with Gasteiger partial charge in [0.1, 0.15) is 11.5 Å². The summed E-state index contributed by atoms with van der Waals surface area (Å²) >= 11 is 1.58. The zero-order valence-corrected chi connectivity index (χ0v) is 12.2. The molecule has 0 atom stereocenters. The van der Waals surface area contributed by atoms with E-state index in [1.54, 1.807) is 18.9 Å². The van der Waals surface area contributed by atoms with E-state index in [0.717, 1.165) is 34.1 Å². The molecule has 0 aliphatic carbocycles. The van der Waals surface area contributed by atoms with E-state index >= 15 is 0 Å². The zero-order valence-electron chi connectivity index (χ0n) is 11.4. The van der Waals surface area contributed by atoms with Crippen LogP contribution in [0.5, 0.6) is 5.75 Å². The van der Waals surface area contributed by atoms with Gasteiger partial charge < -0.3 is 14.9 Å². The highest BCUT2D eigenvalue weighted by Crippen LogP contribution is 2.27. The maximum absolute atomic E-state index is 5.65. The molecule has 5 heteroatoms. The monoisotopic (exact) mass is 278 g/mol. The van der Waals surface area contributed by atoms with Gasteiger partial charge in [0.2, 0.25) is 0 Å². The van der Waals surface area contributed by atoms with Crippen LogP contribution in [-0.4, -0.2) is 12.1 Å². The molecule has 102 valence electrons. The summed E-state index contributed by atoms with van der Waals surface area (Å²) in [7, 11) is 1.66. The standard InChI is InChI=1S/C14H18N2O2S/c1-9-10(2)18-14(16-9)19-8-11-4-5-12(7-15)13(6-11)17-3/h4-6H,7-8,15H2,1-3H3. The van der Waals surface area contributed by atoms with E-state index in [1.807, 2.05) is 26.0 Å². The number of aromatic nitrogens is 1. The van der Waals surface area contributed by atoms with Crippen LogP contribution in [0.3, 0.4) is 0 Å². The van der Waals surface area contributed by atoms with Gasteiger partial charge in [0.05, 0.1) is 12.8 Å². The lowest BCUT2D eigenvalue weighted by molar-refractivity contribution is 0.409. The van der Waals surface area contributed by atoms with Gasteiger partial charge in [-0.05, 0) is 25.5 Å². The zero-order chi connectivity index (χ0) is 13.8. The Morgan fingerprint density at radius 3 is 2.74 bits per heavy atom. The van der Waals surface area contributed by atoms with E-state index in [1.165, 1.54) is 0 Å². The number of rotatable bonds is 5. The van der Waals surface area contributed by atoms with Gasteiger partial charge in [-0.25, -0.2) is 4.98 Å². The predicted molar refractivity (Wildman–Crippen MR) is 76.4 cm³/mol. The van der Waals surface area contributed by atoms with E-state index in [9.17, 15) is 0 Å². The normalized spacial score (nSPS) is 10.7. The second-order valence-electron chi connectivity index (χ2n) is 4.26. The Kier molecular flexibility index (Phi) is 4.50. The molecule has 0 bridgehead atoms. The first kappa shape index (κ1) is 14.0. The number of ether oxygens (including phenoxy) is 1. The van der Waals surface area contributed by atoms with Crippen molar-refractivity contribution in [2.45, 2.75) is 31.4 Å². The third-order valence-corrected chi connectivity index (χ3v) is 3.84. The molecule has 2 rings (SSSR count). The molecular weight excluding hydrogens is 260 g/mol. The van der Waals surface area contributed by atoms with Crippen molar-refractivity contribution in [1.29, 1.82) is 0 Å². The molecule has 0 aliphatic rings. The smallest absolute Gasteiger partial charge is 0.256 e. The number of thioether (sulfide) groups is 1. The Hall–Kier alpha value is -1.46. The number of hydrogen-bond donors (Lipinski definition) is 1. The quantitative estimate of drug-likeness (QED) is 0.852. The van der Waals surface area contributed by atoms with Crippen molar-refractivity contribution < 1.29 is 9.15 Å². The number of nitrogens with zero attached hydrogens (tertiary/aromatic N) is 1. The number of methoxy groups -OCH3 is 1. The maximum Gasteiger partial charge on any atom is 0.256 e. The molecule has 0 saturated carbocycles. The number of aryl methyl sites for hydroxylation is 2. The summed E-state index contributed by atoms with van der Waals surface area (Å²) < 4.78 is 10.9. The van der Waals surface area contributed by atoms with Crippen molar-refractivity contribution in [3.05, 3.63) is 40.8 Å². The molecule has 2 aromatic rings. The van der Waals surface area contributed by atoms with Crippen LogP contribution in [0.1, 0.15) is 22.6 Å². The summed E-state index contributed by atoms with van der Waals surface area (Å²) in [6.07, 6.45) is 0. The van der Waals surface area contributed by atoms with Gasteiger partial charge in [0.15, 0.2) is 0 Å². The van der Waals surface area contributed by atoms with Gasteiger partial charge in [0.25, 0.3) is 5.22 Å². The van der Waals surface area contributed by atoms with Crippen molar-refractivity contribution in [3.63, 3.8) is 0 Å². The van der Waals surface area contributed by atoms with Crippen LogP contribution < -0.4 is 10.5 Å². The summed E-state index contributed by atoms with van der Waals surface area (Å²) in [5.41, 5.74) is 8.77. The molecule has 0 unspecified atom stereocenters. The number of nitrogens with two attached hydrogens (primary N) is 1. The minimum Gasteiger partial charge on any atom is -0.496 e. The molecule has 0 radical (unpaired) electrons. The Labute approximate surface area is 117 Å². The molecule has 0 fully saturated rings. The molecule has 2 N–H and O–H groups in total. The molecule has 0 saturated heterocycles. The van der Waals surface area contributed by atoms with E-state index in [-0.39, 0.29) is 0 Å². The van der Waals surface area contributed by atoms with Crippen LogP contribution in [0.4, 0.5) is 0 Å². The third-order valence-electron chi connectivity index (χ3n) is 2.94. The lowest BCUT2D eigenvalue weighted by Gasteiger charge is -2.08. The second kappa shape index (κ2) is 6.12. The fourth-order valence-corrected chi connectivity index (χ4v) is 2.55. The van der Waals surface area contributed by atoms with Crippen LogP contribution in [0.15, 0.2) is 27.8 Å². The molecular formula is C14H18N2O2S. The van der Waals surface area contributed by atoms with Crippen LogP contribution in [0.2, 0.25) is 0 Å². The van der Waals surface area contributed by atoms with Crippen LogP contribution >= 0.6 is 11.8 Å². The second-order valence-corrected chi connectivity index (χ2v) is 5.19. The molecule has 19 heavy (non-hydrogen) atoms. The van der Waals surface area contributed by atoms with Gasteiger partial charge in [-0.3, -0.25) is 0 Å². The maximum atomic E-state index is 5.65. The molecule has 1 aromatic carbocycles. The summed E-state index contributed by atoms with van der Waals surface area (Å²) in [6, 6.07) is 6.07. The van der Waals surface area contributed by atoms with Crippen molar-refractivity contribution in [3.8, 4) is 5.75 Å². The molecule has 4 nitrogen and oxygen atoms in total. The highest BCUT2D eigenvalue weighted by atomic mass is 32.2. The van der Waals surface area contributed by atoms with Gasteiger partial charge >= 0.3 is 0 Å². The third kappa shape index (κ3) is 3.30. The van der Waals surface area contributed by atoms with E-state index in [4.69, 9.17) is 14.9 Å². The summed E-state index contributed by atoms with van der Waals surface area (Å²) in [6.45, 7) is 4.35. The molecule has 0 aliphatic heterocycles. The Morgan fingerprint density at radius 2 is 2.16 bits per heavy atom. The van der Waals surface area contributed by atoms with E-state index in [2.05, 4.69) is 11.1 Å². The Morgan fingerprint density at radius 1 is 1.37 bits per heavy atom. The van der Waals surface area contributed by atoms with Gasteiger partial charge in [0, 0.05) is 17.9 Å². The Balaban J connectivity index is 2.07. The SMILES string of the molecule is COc1cc(CSc2nc(C)c(C)o2)ccc1CN. The fourth-order valence-electron chi connectivity index (χ4n) is 1.70. The van der Waals surface area contributed by atoms with Crippen molar-refractivity contribution >= 4 is 11.8 Å². The molecule has 0 spiro atoms. The van der Waals surface area contributed by atoms with Crippen LogP contribution in [0, 0.1) is 13.8 Å². The van der Waals surface area contributed by atoms with Gasteiger partial charge in [-0.15, -0.1) is 0 Å².